The zero-order chi connectivity index (χ0) is 13.7. The first-order valence-electron chi connectivity index (χ1n) is 4.82. The summed E-state index contributed by atoms with van der Waals surface area (Å²) in [5.41, 5.74) is 1.78. The van der Waals surface area contributed by atoms with Crippen molar-refractivity contribution < 1.29 is 14.5 Å². The number of rotatable bonds is 5. The van der Waals surface area contributed by atoms with Crippen LogP contribution in [0.1, 0.15) is 6.92 Å². The molecule has 0 aliphatic heterocycles. The minimum atomic E-state index is -0.797. The largest absolute Gasteiger partial charge is 0.467 e. The van der Waals surface area contributed by atoms with Gasteiger partial charge in [-0.3, -0.25) is 15.5 Å². The molecule has 1 atom stereocenters. The summed E-state index contributed by atoms with van der Waals surface area (Å²) in [4.78, 5) is 28.7. The number of anilines is 2. The highest BCUT2D eigenvalue weighted by molar-refractivity contribution is 5.79. The van der Waals surface area contributed by atoms with Crippen molar-refractivity contribution in [2.45, 2.75) is 13.0 Å². The number of nitrogen functional groups attached to an aromatic ring is 1. The molecule has 98 valence electrons. The molecule has 0 aliphatic carbocycles. The lowest BCUT2D eigenvalue weighted by Gasteiger charge is -2.12. The first kappa shape index (κ1) is 13.6. The number of nitrogens with zero attached hydrogens (tertiary/aromatic N) is 3. The molecule has 0 aromatic carbocycles. The molecule has 1 aromatic rings. The van der Waals surface area contributed by atoms with Gasteiger partial charge in [-0.05, 0) is 6.92 Å². The Kier molecular flexibility index (Phi) is 4.32. The van der Waals surface area contributed by atoms with E-state index in [0.717, 1.165) is 6.20 Å². The number of esters is 1. The summed E-state index contributed by atoms with van der Waals surface area (Å²) in [5, 5.41) is 13.3. The lowest BCUT2D eigenvalue weighted by atomic mass is 10.3. The SMILES string of the molecule is COC(=O)C(C)Nc1nc(NN)ncc1[N+](=O)[O-]. The number of hydrazine groups is 1. The van der Waals surface area contributed by atoms with Gasteiger partial charge in [-0.1, -0.05) is 0 Å². The van der Waals surface area contributed by atoms with Gasteiger partial charge in [0, 0.05) is 0 Å². The molecule has 10 heteroatoms. The van der Waals surface area contributed by atoms with E-state index in [1.807, 2.05) is 0 Å². The monoisotopic (exact) mass is 256 g/mol. The van der Waals surface area contributed by atoms with Crippen LogP contribution in [0.15, 0.2) is 6.20 Å². The number of ether oxygens (including phenoxy) is 1. The number of hydrogen-bond donors (Lipinski definition) is 3. The second-order valence-corrected chi connectivity index (χ2v) is 3.22. The minimum Gasteiger partial charge on any atom is -0.467 e. The number of nitro groups is 1. The molecule has 10 nitrogen and oxygen atoms in total. The van der Waals surface area contributed by atoms with Crippen molar-refractivity contribution in [3.05, 3.63) is 16.3 Å². The molecule has 1 rings (SSSR count). The van der Waals surface area contributed by atoms with Crippen molar-refractivity contribution >= 4 is 23.4 Å². The Morgan fingerprint density at radius 2 is 2.33 bits per heavy atom. The van der Waals surface area contributed by atoms with Crippen LogP contribution >= 0.6 is 0 Å². The van der Waals surface area contributed by atoms with E-state index >= 15 is 0 Å². The molecule has 0 bridgehead atoms. The van der Waals surface area contributed by atoms with E-state index in [9.17, 15) is 14.9 Å². The van der Waals surface area contributed by atoms with E-state index < -0.39 is 16.9 Å². The highest BCUT2D eigenvalue weighted by atomic mass is 16.6. The highest BCUT2D eigenvalue weighted by Crippen LogP contribution is 2.22. The van der Waals surface area contributed by atoms with Crippen LogP contribution in [0.3, 0.4) is 0 Å². The lowest BCUT2D eigenvalue weighted by Crippen LogP contribution is -2.28. The Labute approximate surface area is 102 Å². The molecular weight excluding hydrogens is 244 g/mol. The van der Waals surface area contributed by atoms with E-state index in [0.29, 0.717) is 0 Å². The first-order valence-corrected chi connectivity index (χ1v) is 4.82. The zero-order valence-electron chi connectivity index (χ0n) is 9.71. The fourth-order valence-corrected chi connectivity index (χ4v) is 1.13. The maximum absolute atomic E-state index is 11.2. The van der Waals surface area contributed by atoms with Gasteiger partial charge in [-0.25, -0.2) is 15.6 Å². The van der Waals surface area contributed by atoms with Gasteiger partial charge in [0.1, 0.15) is 12.2 Å². The average molecular weight is 256 g/mol. The Hall–Kier alpha value is -2.49. The second kappa shape index (κ2) is 5.72. The van der Waals surface area contributed by atoms with Crippen LogP contribution in [-0.4, -0.2) is 34.0 Å². The maximum atomic E-state index is 11.2. The fraction of sp³-hybridized carbons (Fsp3) is 0.375. The number of methoxy groups -OCH3 is 1. The molecule has 0 saturated carbocycles. The number of carbonyl (C=O) groups excluding carboxylic acids is 1. The van der Waals surface area contributed by atoms with Gasteiger partial charge in [0.05, 0.1) is 12.0 Å². The number of hydrogen-bond acceptors (Lipinski definition) is 9. The van der Waals surface area contributed by atoms with Gasteiger partial charge < -0.3 is 10.1 Å². The Morgan fingerprint density at radius 1 is 1.67 bits per heavy atom. The molecule has 0 fully saturated rings. The summed E-state index contributed by atoms with van der Waals surface area (Å²) in [6, 6.07) is -0.797. The Balaban J connectivity index is 3.04. The normalized spacial score (nSPS) is 11.5. The summed E-state index contributed by atoms with van der Waals surface area (Å²) >= 11 is 0. The van der Waals surface area contributed by atoms with Crippen LogP contribution in [0.4, 0.5) is 17.5 Å². The summed E-state index contributed by atoms with van der Waals surface area (Å²) in [6.45, 7) is 1.48. The average Bonchev–Trinajstić information content (AvgIpc) is 2.37. The van der Waals surface area contributed by atoms with Crippen molar-refractivity contribution in [2.75, 3.05) is 17.9 Å². The van der Waals surface area contributed by atoms with E-state index in [1.54, 1.807) is 0 Å². The van der Waals surface area contributed by atoms with Crippen LogP contribution in [0, 0.1) is 10.1 Å². The van der Waals surface area contributed by atoms with Crippen molar-refractivity contribution in [1.82, 2.24) is 9.97 Å². The van der Waals surface area contributed by atoms with Crippen molar-refractivity contribution in [3.63, 3.8) is 0 Å². The van der Waals surface area contributed by atoms with E-state index in [4.69, 9.17) is 5.84 Å². The lowest BCUT2D eigenvalue weighted by molar-refractivity contribution is -0.384. The molecule has 0 radical (unpaired) electrons. The fourth-order valence-electron chi connectivity index (χ4n) is 1.13. The quantitative estimate of drug-likeness (QED) is 0.278. The molecule has 1 heterocycles. The van der Waals surface area contributed by atoms with Crippen molar-refractivity contribution in [2.24, 2.45) is 5.84 Å². The van der Waals surface area contributed by atoms with Gasteiger partial charge in [-0.15, -0.1) is 0 Å². The smallest absolute Gasteiger partial charge is 0.329 e. The molecular formula is C8H12N6O4. The summed E-state index contributed by atoms with van der Waals surface area (Å²) in [5.74, 6) is 4.38. The molecule has 0 saturated heterocycles. The Bertz CT molecular complexity index is 465. The van der Waals surface area contributed by atoms with Crippen molar-refractivity contribution in [1.29, 1.82) is 0 Å². The number of nitrogens with one attached hydrogen (secondary N) is 2. The second-order valence-electron chi connectivity index (χ2n) is 3.22. The standard InChI is InChI=1S/C8H12N6O4/c1-4(7(15)18-2)11-6-5(14(16)17)3-10-8(12-6)13-9/h3-4H,9H2,1-2H3,(H2,10,11,12,13). The van der Waals surface area contributed by atoms with Gasteiger partial charge in [0.2, 0.25) is 11.8 Å². The van der Waals surface area contributed by atoms with Crippen LogP contribution in [-0.2, 0) is 9.53 Å². The van der Waals surface area contributed by atoms with Gasteiger partial charge in [0.25, 0.3) is 0 Å². The zero-order valence-corrected chi connectivity index (χ0v) is 9.71. The van der Waals surface area contributed by atoms with Crippen LogP contribution in [0.25, 0.3) is 0 Å². The predicted octanol–water partition coefficient (Wildman–Crippen LogP) is -0.356. The highest BCUT2D eigenvalue weighted by Gasteiger charge is 2.21. The number of nitrogens with two attached hydrogens (primary N) is 1. The predicted molar refractivity (Wildman–Crippen MR) is 61.6 cm³/mol. The minimum absolute atomic E-state index is 0.0137. The number of carbonyl (C=O) groups is 1. The van der Waals surface area contributed by atoms with Crippen LogP contribution in [0.5, 0.6) is 0 Å². The topological polar surface area (TPSA) is 145 Å². The van der Waals surface area contributed by atoms with Crippen LogP contribution < -0.4 is 16.6 Å². The van der Waals surface area contributed by atoms with Gasteiger partial charge in [-0.2, -0.15) is 4.98 Å². The third kappa shape index (κ3) is 3.01. The third-order valence-electron chi connectivity index (χ3n) is 2.00. The van der Waals surface area contributed by atoms with E-state index in [2.05, 4.69) is 25.4 Å². The third-order valence-corrected chi connectivity index (χ3v) is 2.00. The molecule has 0 aliphatic rings. The molecule has 4 N–H and O–H groups in total. The Morgan fingerprint density at radius 3 is 2.83 bits per heavy atom. The molecule has 1 aromatic heterocycles. The van der Waals surface area contributed by atoms with E-state index in [-0.39, 0.29) is 17.5 Å². The summed E-state index contributed by atoms with van der Waals surface area (Å²) < 4.78 is 4.49. The maximum Gasteiger partial charge on any atom is 0.329 e. The summed E-state index contributed by atoms with van der Waals surface area (Å²) in [6.07, 6.45) is 0.981. The molecule has 18 heavy (non-hydrogen) atoms. The molecule has 1 unspecified atom stereocenters. The van der Waals surface area contributed by atoms with Crippen molar-refractivity contribution in [3.8, 4) is 0 Å². The summed E-state index contributed by atoms with van der Waals surface area (Å²) in [7, 11) is 1.21. The number of aromatic nitrogens is 2. The van der Waals surface area contributed by atoms with Crippen LogP contribution in [0.2, 0.25) is 0 Å². The van der Waals surface area contributed by atoms with Gasteiger partial charge >= 0.3 is 11.7 Å². The molecule has 0 amide bonds. The first-order chi connectivity index (χ1) is 8.49. The van der Waals surface area contributed by atoms with Gasteiger partial charge in [0.15, 0.2) is 0 Å². The molecule has 0 spiro atoms. The van der Waals surface area contributed by atoms with E-state index in [1.165, 1.54) is 14.0 Å².